The predicted octanol–water partition coefficient (Wildman–Crippen LogP) is 2.43. The molecule has 0 aliphatic heterocycles. The van der Waals surface area contributed by atoms with E-state index in [1.807, 2.05) is 19.3 Å². The van der Waals surface area contributed by atoms with Gasteiger partial charge in [0.1, 0.15) is 0 Å². The molecule has 0 N–H and O–H groups in total. The SMILES string of the molecule is C=Nc1nccn1/C=C(\C)Br. The van der Waals surface area contributed by atoms with E-state index < -0.39 is 0 Å². The Kier molecular flexibility index (Phi) is 2.59. The summed E-state index contributed by atoms with van der Waals surface area (Å²) in [6, 6.07) is 0. The minimum atomic E-state index is 0.601. The Balaban J connectivity index is 3.03. The number of allylic oxidation sites excluding steroid dienone is 1. The Morgan fingerprint density at radius 1 is 1.91 bits per heavy atom. The number of imidazole rings is 1. The molecule has 1 aromatic heterocycles. The first kappa shape index (κ1) is 8.20. The van der Waals surface area contributed by atoms with Gasteiger partial charge in [0.15, 0.2) is 0 Å². The number of hydrogen-bond donors (Lipinski definition) is 0. The molecule has 0 saturated heterocycles. The van der Waals surface area contributed by atoms with Crippen LogP contribution in [-0.2, 0) is 0 Å². The second-order valence-electron chi connectivity index (χ2n) is 2.01. The fourth-order valence-corrected chi connectivity index (χ4v) is 0.941. The van der Waals surface area contributed by atoms with Crippen LogP contribution in [0.4, 0.5) is 5.95 Å². The average molecular weight is 214 g/mol. The van der Waals surface area contributed by atoms with Crippen LogP contribution < -0.4 is 0 Å². The molecule has 0 amide bonds. The molecule has 4 heteroatoms. The van der Waals surface area contributed by atoms with Gasteiger partial charge < -0.3 is 0 Å². The molecule has 0 unspecified atom stereocenters. The maximum Gasteiger partial charge on any atom is 0.233 e. The maximum absolute atomic E-state index is 3.96. The van der Waals surface area contributed by atoms with E-state index in [1.165, 1.54) is 0 Å². The summed E-state index contributed by atoms with van der Waals surface area (Å²) in [6.45, 7) is 5.33. The third kappa shape index (κ3) is 2.01. The highest BCUT2D eigenvalue weighted by molar-refractivity contribution is 9.11. The summed E-state index contributed by atoms with van der Waals surface area (Å²) in [6.07, 6.45) is 5.36. The van der Waals surface area contributed by atoms with Gasteiger partial charge in [-0.3, -0.25) is 4.57 Å². The van der Waals surface area contributed by atoms with Gasteiger partial charge in [-0.05, 0) is 13.6 Å². The van der Waals surface area contributed by atoms with E-state index in [2.05, 4.69) is 32.6 Å². The topological polar surface area (TPSA) is 30.2 Å². The molecule has 0 atom stereocenters. The molecule has 0 bridgehead atoms. The lowest BCUT2D eigenvalue weighted by molar-refractivity contribution is 1.11. The van der Waals surface area contributed by atoms with Gasteiger partial charge in [-0.1, -0.05) is 15.9 Å². The van der Waals surface area contributed by atoms with Crippen molar-refractivity contribution < 1.29 is 0 Å². The normalized spacial score (nSPS) is 11.6. The van der Waals surface area contributed by atoms with Crippen LogP contribution in [0.15, 0.2) is 21.9 Å². The van der Waals surface area contributed by atoms with E-state index >= 15 is 0 Å². The smallest absolute Gasteiger partial charge is 0.233 e. The van der Waals surface area contributed by atoms with Gasteiger partial charge in [-0.2, -0.15) is 0 Å². The minimum Gasteiger partial charge on any atom is -0.290 e. The van der Waals surface area contributed by atoms with Crippen LogP contribution in [0.25, 0.3) is 6.20 Å². The fourth-order valence-electron chi connectivity index (χ4n) is 0.720. The largest absolute Gasteiger partial charge is 0.290 e. The monoisotopic (exact) mass is 213 g/mol. The van der Waals surface area contributed by atoms with Crippen LogP contribution in [0, 0.1) is 0 Å². The minimum absolute atomic E-state index is 0.601. The quantitative estimate of drug-likeness (QED) is 0.695. The average Bonchev–Trinajstić information content (AvgIpc) is 2.34. The number of rotatable bonds is 2. The highest BCUT2D eigenvalue weighted by Crippen LogP contribution is 2.11. The van der Waals surface area contributed by atoms with Gasteiger partial charge >= 0.3 is 0 Å². The third-order valence-electron chi connectivity index (χ3n) is 1.11. The van der Waals surface area contributed by atoms with E-state index in [9.17, 15) is 0 Å². The van der Waals surface area contributed by atoms with E-state index in [1.54, 1.807) is 10.8 Å². The van der Waals surface area contributed by atoms with Crippen molar-refractivity contribution in [2.24, 2.45) is 4.99 Å². The second-order valence-corrected chi connectivity index (χ2v) is 3.26. The first-order valence-corrected chi connectivity index (χ1v) is 3.87. The molecule has 3 nitrogen and oxygen atoms in total. The van der Waals surface area contributed by atoms with Crippen LogP contribution in [0.5, 0.6) is 0 Å². The molecule has 0 radical (unpaired) electrons. The first-order valence-electron chi connectivity index (χ1n) is 3.07. The molecule has 1 heterocycles. The molecule has 0 aliphatic rings. The first-order chi connectivity index (χ1) is 5.24. The molecule has 58 valence electrons. The van der Waals surface area contributed by atoms with Gasteiger partial charge in [-0.25, -0.2) is 9.98 Å². The van der Waals surface area contributed by atoms with Crippen molar-refractivity contribution in [1.29, 1.82) is 0 Å². The predicted molar refractivity (Wildman–Crippen MR) is 50.3 cm³/mol. The van der Waals surface area contributed by atoms with Crippen molar-refractivity contribution in [3.05, 3.63) is 16.9 Å². The zero-order valence-corrected chi connectivity index (χ0v) is 7.74. The summed E-state index contributed by atoms with van der Waals surface area (Å²) >= 11 is 3.31. The Morgan fingerprint density at radius 3 is 3.18 bits per heavy atom. The lowest BCUT2D eigenvalue weighted by Crippen LogP contribution is -1.82. The lowest BCUT2D eigenvalue weighted by Gasteiger charge is -1.94. The molecule has 1 rings (SSSR count). The van der Waals surface area contributed by atoms with Crippen molar-refractivity contribution in [3.63, 3.8) is 0 Å². The summed E-state index contributed by atoms with van der Waals surface area (Å²) in [5, 5.41) is 0. The van der Waals surface area contributed by atoms with E-state index in [4.69, 9.17) is 0 Å². The Labute approximate surface area is 73.6 Å². The Morgan fingerprint density at radius 2 is 2.64 bits per heavy atom. The summed E-state index contributed by atoms with van der Waals surface area (Å²) in [4.78, 5) is 7.68. The molecule has 0 aliphatic carbocycles. The molecule has 0 spiro atoms. The Bertz CT molecular complexity index is 284. The van der Waals surface area contributed by atoms with Crippen molar-refractivity contribution in [3.8, 4) is 0 Å². The molecular formula is C7H8BrN3. The highest BCUT2D eigenvalue weighted by Gasteiger charge is 1.94. The van der Waals surface area contributed by atoms with E-state index in [-0.39, 0.29) is 0 Å². The molecule has 0 aromatic carbocycles. The van der Waals surface area contributed by atoms with Gasteiger partial charge in [0.05, 0.1) is 0 Å². The van der Waals surface area contributed by atoms with E-state index in [0.717, 1.165) is 4.48 Å². The van der Waals surface area contributed by atoms with Crippen molar-refractivity contribution >= 4 is 34.8 Å². The fraction of sp³-hybridized carbons (Fsp3) is 0.143. The molecule has 0 fully saturated rings. The molecule has 11 heavy (non-hydrogen) atoms. The van der Waals surface area contributed by atoms with Gasteiger partial charge in [0, 0.05) is 23.1 Å². The zero-order valence-electron chi connectivity index (χ0n) is 6.16. The summed E-state index contributed by atoms with van der Waals surface area (Å²) < 4.78 is 2.80. The van der Waals surface area contributed by atoms with Crippen LogP contribution in [0.3, 0.4) is 0 Å². The summed E-state index contributed by atoms with van der Waals surface area (Å²) in [7, 11) is 0. The summed E-state index contributed by atoms with van der Waals surface area (Å²) in [5.41, 5.74) is 0. The number of nitrogens with zero attached hydrogens (tertiary/aromatic N) is 3. The number of aromatic nitrogens is 2. The third-order valence-corrected chi connectivity index (χ3v) is 1.31. The second kappa shape index (κ2) is 3.48. The molecule has 1 aromatic rings. The van der Waals surface area contributed by atoms with Crippen LogP contribution in [-0.4, -0.2) is 16.3 Å². The van der Waals surface area contributed by atoms with Crippen molar-refractivity contribution in [2.75, 3.05) is 0 Å². The lowest BCUT2D eigenvalue weighted by atomic mass is 10.7. The van der Waals surface area contributed by atoms with Crippen molar-refractivity contribution in [2.45, 2.75) is 6.92 Å². The van der Waals surface area contributed by atoms with Gasteiger partial charge in [-0.15, -0.1) is 0 Å². The number of aliphatic imine (C=N–C) groups is 1. The number of hydrogen-bond acceptors (Lipinski definition) is 2. The van der Waals surface area contributed by atoms with Crippen LogP contribution >= 0.6 is 15.9 Å². The van der Waals surface area contributed by atoms with Gasteiger partial charge in [0.2, 0.25) is 5.95 Å². The zero-order chi connectivity index (χ0) is 8.27. The van der Waals surface area contributed by atoms with Crippen molar-refractivity contribution in [1.82, 2.24) is 9.55 Å². The highest BCUT2D eigenvalue weighted by atomic mass is 79.9. The van der Waals surface area contributed by atoms with E-state index in [0.29, 0.717) is 5.95 Å². The molecule has 0 saturated carbocycles. The standard InChI is InChI=1S/C7H8BrN3/c1-6(8)5-11-4-3-10-7(11)9-2/h3-5H,2H2,1H3/b6-5+. The van der Waals surface area contributed by atoms with Crippen LogP contribution in [0.1, 0.15) is 6.92 Å². The van der Waals surface area contributed by atoms with Crippen LogP contribution in [0.2, 0.25) is 0 Å². The van der Waals surface area contributed by atoms with Gasteiger partial charge in [0.25, 0.3) is 0 Å². The number of halogens is 1. The summed E-state index contributed by atoms with van der Waals surface area (Å²) in [5.74, 6) is 0.601. The maximum atomic E-state index is 3.96. The Hall–Kier alpha value is -0.900. The molecular weight excluding hydrogens is 206 g/mol.